The van der Waals surface area contributed by atoms with Crippen molar-refractivity contribution >= 4 is 12.0 Å². The molecule has 1 N–H and O–H groups in total. The summed E-state index contributed by atoms with van der Waals surface area (Å²) in [5, 5.41) is 12.3. The summed E-state index contributed by atoms with van der Waals surface area (Å²) in [7, 11) is 0. The van der Waals surface area contributed by atoms with Crippen LogP contribution in [0.3, 0.4) is 0 Å². The van der Waals surface area contributed by atoms with Gasteiger partial charge in [-0.3, -0.25) is 19.1 Å². The van der Waals surface area contributed by atoms with Crippen molar-refractivity contribution in [3.63, 3.8) is 0 Å². The number of hydrogen-bond donors (Lipinski definition) is 1. The molecule has 3 heterocycles. The van der Waals surface area contributed by atoms with E-state index in [9.17, 15) is 4.79 Å². The van der Waals surface area contributed by atoms with Crippen molar-refractivity contribution in [1.29, 1.82) is 0 Å². The van der Waals surface area contributed by atoms with Crippen LogP contribution in [0.2, 0.25) is 0 Å². The van der Waals surface area contributed by atoms with Crippen molar-refractivity contribution in [3.05, 3.63) is 95.7 Å². The number of pyridine rings is 1. The summed E-state index contributed by atoms with van der Waals surface area (Å²) in [5.74, 6) is 0.128. The van der Waals surface area contributed by atoms with Gasteiger partial charge >= 0.3 is 0 Å². The zero-order valence-electron chi connectivity index (χ0n) is 19.8. The highest BCUT2D eigenvalue weighted by Gasteiger charge is 2.11. The summed E-state index contributed by atoms with van der Waals surface area (Å²) in [6.07, 6.45) is 8.87. The van der Waals surface area contributed by atoms with Gasteiger partial charge in [-0.1, -0.05) is 37.3 Å². The van der Waals surface area contributed by atoms with Crippen molar-refractivity contribution in [3.8, 4) is 11.3 Å². The van der Waals surface area contributed by atoms with E-state index in [1.165, 1.54) is 0 Å². The smallest absolute Gasteiger partial charge is 0.244 e. The van der Waals surface area contributed by atoms with Gasteiger partial charge in [0.15, 0.2) is 0 Å². The quantitative estimate of drug-likeness (QED) is 0.383. The summed E-state index contributed by atoms with van der Waals surface area (Å²) < 4.78 is 3.88. The number of aryl methyl sites for hydroxylation is 2. The molecular weight excluding hydrogens is 424 g/mol. The van der Waals surface area contributed by atoms with Gasteiger partial charge in [-0.2, -0.15) is 10.2 Å². The predicted molar refractivity (Wildman–Crippen MR) is 134 cm³/mol. The minimum Gasteiger partial charge on any atom is -0.352 e. The number of carbonyl (C=O) groups excluding carboxylic acids is 1. The van der Waals surface area contributed by atoms with Crippen LogP contribution >= 0.6 is 0 Å². The largest absolute Gasteiger partial charge is 0.352 e. The maximum atomic E-state index is 12.5. The molecule has 0 fully saturated rings. The van der Waals surface area contributed by atoms with Crippen LogP contribution in [-0.4, -0.2) is 37.0 Å². The molecule has 4 aromatic rings. The molecular formula is C27H30N6O. The molecule has 0 saturated heterocycles. The fraction of sp³-hybridized carbons (Fsp3) is 0.259. The third-order valence-electron chi connectivity index (χ3n) is 5.54. The average Bonchev–Trinajstić information content (AvgIpc) is 3.39. The molecule has 0 bridgehead atoms. The topological polar surface area (TPSA) is 77.6 Å². The van der Waals surface area contributed by atoms with Crippen molar-refractivity contribution in [1.82, 2.24) is 29.9 Å². The fourth-order valence-electron chi connectivity index (χ4n) is 3.86. The predicted octanol–water partition coefficient (Wildman–Crippen LogP) is 4.27. The normalized spacial score (nSPS) is 12.2. The van der Waals surface area contributed by atoms with Crippen LogP contribution in [0.1, 0.15) is 29.4 Å². The van der Waals surface area contributed by atoms with Crippen LogP contribution in [0.4, 0.5) is 0 Å². The highest BCUT2D eigenvalue weighted by Crippen LogP contribution is 2.23. The van der Waals surface area contributed by atoms with Gasteiger partial charge in [-0.15, -0.1) is 0 Å². The highest BCUT2D eigenvalue weighted by molar-refractivity contribution is 5.92. The summed E-state index contributed by atoms with van der Waals surface area (Å²) in [6, 6.07) is 16.1. The monoisotopic (exact) mass is 454 g/mol. The zero-order valence-corrected chi connectivity index (χ0v) is 19.8. The zero-order chi connectivity index (χ0) is 23.9. The maximum Gasteiger partial charge on any atom is 0.244 e. The maximum absolute atomic E-state index is 12.5. The number of nitrogens with one attached hydrogen (secondary N) is 1. The van der Waals surface area contributed by atoms with E-state index in [4.69, 9.17) is 5.10 Å². The second kappa shape index (κ2) is 10.7. The van der Waals surface area contributed by atoms with Gasteiger partial charge in [0.1, 0.15) is 5.69 Å². The molecule has 7 nitrogen and oxygen atoms in total. The molecule has 1 unspecified atom stereocenters. The van der Waals surface area contributed by atoms with Crippen LogP contribution in [0.15, 0.2) is 73.2 Å². The van der Waals surface area contributed by atoms with Crippen LogP contribution in [0.5, 0.6) is 0 Å². The molecule has 1 amide bonds. The van der Waals surface area contributed by atoms with Gasteiger partial charge in [0, 0.05) is 54.6 Å². The van der Waals surface area contributed by atoms with Gasteiger partial charge in [-0.25, -0.2) is 0 Å². The van der Waals surface area contributed by atoms with Crippen molar-refractivity contribution in [2.24, 2.45) is 5.92 Å². The molecule has 7 heteroatoms. The minimum absolute atomic E-state index is 0.131. The van der Waals surface area contributed by atoms with E-state index < -0.39 is 0 Å². The standard InChI is InChI=1S/C27H30N6O/c1-20(17-33-22(3)14-21(2)30-33)15-29-26(34)12-11-25-19-32(18-23-8-5-4-6-9-23)31-27(25)24-10-7-13-28-16-24/h4-14,16,19-20H,15,17-18H2,1-3H3,(H,29,34)/b12-11+. The Kier molecular flexibility index (Phi) is 7.32. The Labute approximate surface area is 200 Å². The van der Waals surface area contributed by atoms with E-state index in [2.05, 4.69) is 40.5 Å². The molecule has 0 aliphatic carbocycles. The summed E-state index contributed by atoms with van der Waals surface area (Å²) in [4.78, 5) is 16.8. The van der Waals surface area contributed by atoms with Gasteiger partial charge < -0.3 is 5.32 Å². The lowest BCUT2D eigenvalue weighted by molar-refractivity contribution is -0.116. The Hall–Kier alpha value is -4.00. The molecule has 1 aromatic carbocycles. The summed E-state index contributed by atoms with van der Waals surface area (Å²) >= 11 is 0. The molecule has 4 rings (SSSR count). The fourth-order valence-corrected chi connectivity index (χ4v) is 3.86. The number of carbonyl (C=O) groups is 1. The van der Waals surface area contributed by atoms with E-state index in [1.807, 2.05) is 65.8 Å². The minimum atomic E-state index is -0.131. The Morgan fingerprint density at radius 2 is 1.94 bits per heavy atom. The third-order valence-corrected chi connectivity index (χ3v) is 5.54. The summed E-state index contributed by atoms with van der Waals surface area (Å²) in [6.45, 7) is 8.13. The van der Waals surface area contributed by atoms with Gasteiger partial charge in [0.2, 0.25) is 5.91 Å². The first-order valence-corrected chi connectivity index (χ1v) is 11.5. The molecule has 0 aliphatic rings. The molecule has 0 aliphatic heterocycles. The summed E-state index contributed by atoms with van der Waals surface area (Å²) in [5.41, 5.74) is 5.88. The molecule has 0 spiro atoms. The van der Waals surface area contributed by atoms with E-state index in [1.54, 1.807) is 18.5 Å². The van der Waals surface area contributed by atoms with Crippen molar-refractivity contribution in [2.75, 3.05) is 6.54 Å². The lowest BCUT2D eigenvalue weighted by Crippen LogP contribution is -2.29. The third kappa shape index (κ3) is 6.07. The SMILES string of the molecule is Cc1cc(C)n(CC(C)CNC(=O)/C=C/c2cn(Cc3ccccc3)nc2-c2cccnc2)n1. The first-order valence-electron chi connectivity index (χ1n) is 11.5. The average molecular weight is 455 g/mol. The molecule has 174 valence electrons. The number of aromatic nitrogens is 5. The molecule has 0 saturated carbocycles. The number of rotatable bonds is 9. The second-order valence-corrected chi connectivity index (χ2v) is 8.65. The Balaban J connectivity index is 1.43. The number of benzene rings is 1. The first-order chi connectivity index (χ1) is 16.5. The van der Waals surface area contributed by atoms with Crippen molar-refractivity contribution < 1.29 is 4.79 Å². The van der Waals surface area contributed by atoms with Crippen LogP contribution in [-0.2, 0) is 17.9 Å². The number of nitrogens with zero attached hydrogens (tertiary/aromatic N) is 5. The molecule has 3 aromatic heterocycles. The van der Waals surface area contributed by atoms with Gasteiger partial charge in [-0.05, 0) is 49.6 Å². The van der Waals surface area contributed by atoms with Crippen molar-refractivity contribution in [2.45, 2.75) is 33.9 Å². The second-order valence-electron chi connectivity index (χ2n) is 8.65. The Morgan fingerprint density at radius 1 is 1.12 bits per heavy atom. The lowest BCUT2D eigenvalue weighted by atomic mass is 10.1. The van der Waals surface area contributed by atoms with Gasteiger partial charge in [0.05, 0.1) is 12.2 Å². The van der Waals surface area contributed by atoms with Crippen LogP contribution in [0.25, 0.3) is 17.3 Å². The Morgan fingerprint density at radius 3 is 2.65 bits per heavy atom. The van der Waals surface area contributed by atoms with Crippen LogP contribution in [0, 0.1) is 19.8 Å². The lowest BCUT2D eigenvalue weighted by Gasteiger charge is -2.13. The van der Waals surface area contributed by atoms with E-state index >= 15 is 0 Å². The molecule has 1 atom stereocenters. The number of amides is 1. The van der Waals surface area contributed by atoms with E-state index in [-0.39, 0.29) is 11.8 Å². The first kappa shape index (κ1) is 23.2. The number of hydrogen-bond acceptors (Lipinski definition) is 4. The van der Waals surface area contributed by atoms with E-state index in [0.717, 1.165) is 40.3 Å². The van der Waals surface area contributed by atoms with Crippen LogP contribution < -0.4 is 5.32 Å². The molecule has 34 heavy (non-hydrogen) atoms. The Bertz CT molecular complexity index is 1260. The van der Waals surface area contributed by atoms with Gasteiger partial charge in [0.25, 0.3) is 0 Å². The molecule has 0 radical (unpaired) electrons. The van der Waals surface area contributed by atoms with E-state index in [0.29, 0.717) is 13.1 Å². The highest BCUT2D eigenvalue weighted by atomic mass is 16.1.